The highest BCUT2D eigenvalue weighted by Gasteiger charge is 2.26. The number of para-hydroxylation sites is 1. The van der Waals surface area contributed by atoms with Crippen LogP contribution in [0.25, 0.3) is 6.08 Å². The summed E-state index contributed by atoms with van der Waals surface area (Å²) in [4.78, 5) is 49.3. The molecule has 0 spiro atoms. The summed E-state index contributed by atoms with van der Waals surface area (Å²) in [5.41, 5.74) is 1.19. The number of anilines is 2. The number of benzene rings is 1. The first-order valence-corrected chi connectivity index (χ1v) is 11.9. The number of nitrogens with zero attached hydrogens (tertiary/aromatic N) is 4. The maximum Gasteiger partial charge on any atom is 0.321 e. The van der Waals surface area contributed by atoms with Gasteiger partial charge in [-0.2, -0.15) is 4.98 Å². The Kier molecular flexibility index (Phi) is 8.16. The van der Waals surface area contributed by atoms with Gasteiger partial charge in [0.25, 0.3) is 11.1 Å². The first-order valence-electron chi connectivity index (χ1n) is 11.1. The van der Waals surface area contributed by atoms with Crippen molar-refractivity contribution in [1.29, 1.82) is 0 Å². The number of nitrogens with one attached hydrogen (secondary N) is 2. The van der Waals surface area contributed by atoms with Crippen LogP contribution >= 0.6 is 11.8 Å². The lowest BCUT2D eigenvalue weighted by atomic mass is 10.3. The molecular weight excluding hydrogens is 472 g/mol. The molecule has 2 N–H and O–H groups in total. The van der Waals surface area contributed by atoms with E-state index in [9.17, 15) is 14.4 Å². The van der Waals surface area contributed by atoms with Crippen LogP contribution in [0, 0.1) is 0 Å². The van der Waals surface area contributed by atoms with Gasteiger partial charge in [0.2, 0.25) is 11.8 Å². The number of ether oxygens (including phenoxy) is 2. The summed E-state index contributed by atoms with van der Waals surface area (Å²) in [6.07, 6.45) is 2.26. The van der Waals surface area contributed by atoms with Crippen molar-refractivity contribution < 1.29 is 23.9 Å². The van der Waals surface area contributed by atoms with Gasteiger partial charge in [0.1, 0.15) is 6.61 Å². The maximum atomic E-state index is 12.7. The number of imide groups is 1. The Balaban J connectivity index is 1.49. The number of methoxy groups -OCH3 is 1. The van der Waals surface area contributed by atoms with Crippen LogP contribution in [0.2, 0.25) is 0 Å². The highest BCUT2D eigenvalue weighted by atomic mass is 32.2. The quantitative estimate of drug-likeness (QED) is 0.437. The molecule has 2 aliphatic heterocycles. The average molecular weight is 499 g/mol. The highest BCUT2D eigenvalue weighted by Crippen LogP contribution is 2.27. The largest absolute Gasteiger partial charge is 0.475 e. The number of amides is 4. The van der Waals surface area contributed by atoms with E-state index in [1.165, 1.54) is 6.08 Å². The summed E-state index contributed by atoms with van der Waals surface area (Å²) >= 11 is 0.820. The summed E-state index contributed by atoms with van der Waals surface area (Å²) in [5, 5.41) is 4.73. The minimum atomic E-state index is -0.461. The first kappa shape index (κ1) is 24.5. The molecule has 184 valence electrons. The number of rotatable bonds is 7. The van der Waals surface area contributed by atoms with Crippen molar-refractivity contribution in [2.24, 2.45) is 0 Å². The van der Waals surface area contributed by atoms with Crippen molar-refractivity contribution in [3.63, 3.8) is 0 Å². The molecule has 0 bridgehead atoms. The van der Waals surface area contributed by atoms with Gasteiger partial charge in [-0.05, 0) is 36.4 Å². The fourth-order valence-electron chi connectivity index (χ4n) is 3.55. The Morgan fingerprint density at radius 2 is 1.97 bits per heavy atom. The molecule has 0 radical (unpaired) electrons. The van der Waals surface area contributed by atoms with Crippen LogP contribution in [-0.4, -0.2) is 78.5 Å². The third kappa shape index (κ3) is 6.70. The van der Waals surface area contributed by atoms with Crippen molar-refractivity contribution in [3.05, 3.63) is 47.0 Å². The fourth-order valence-corrected chi connectivity index (χ4v) is 4.22. The number of carbonyl (C=O) groups is 3. The summed E-state index contributed by atoms with van der Waals surface area (Å²) in [6.45, 7) is 2.92. The van der Waals surface area contributed by atoms with Gasteiger partial charge in [0.05, 0.1) is 17.2 Å². The average Bonchev–Trinajstić information content (AvgIpc) is 3.02. The topological polar surface area (TPSA) is 126 Å². The Labute approximate surface area is 206 Å². The number of hydrogen-bond donors (Lipinski definition) is 2. The molecule has 0 atom stereocenters. The van der Waals surface area contributed by atoms with Crippen molar-refractivity contribution in [2.75, 3.05) is 56.7 Å². The monoisotopic (exact) mass is 498 g/mol. The number of carbonyl (C=O) groups excluding carboxylic acids is 3. The van der Waals surface area contributed by atoms with Crippen molar-refractivity contribution in [2.45, 2.75) is 6.42 Å². The van der Waals surface area contributed by atoms with E-state index in [1.807, 2.05) is 35.2 Å². The second kappa shape index (κ2) is 11.7. The van der Waals surface area contributed by atoms with Crippen LogP contribution in [0.5, 0.6) is 5.88 Å². The molecular formula is C23H26N6O5S. The molecule has 4 rings (SSSR count). The lowest BCUT2D eigenvalue weighted by Gasteiger charge is -2.23. The molecule has 0 aliphatic carbocycles. The zero-order valence-corrected chi connectivity index (χ0v) is 20.0. The lowest BCUT2D eigenvalue weighted by molar-refractivity contribution is -0.115. The van der Waals surface area contributed by atoms with Gasteiger partial charge in [-0.15, -0.1) is 0 Å². The van der Waals surface area contributed by atoms with Crippen LogP contribution in [0.1, 0.15) is 12.1 Å². The van der Waals surface area contributed by atoms with Gasteiger partial charge in [-0.1, -0.05) is 18.2 Å². The molecule has 1 aromatic carbocycles. The van der Waals surface area contributed by atoms with Gasteiger partial charge >= 0.3 is 6.03 Å². The highest BCUT2D eigenvalue weighted by molar-refractivity contribution is 8.18. The molecule has 0 unspecified atom stereocenters. The Morgan fingerprint density at radius 1 is 1.14 bits per heavy atom. The lowest BCUT2D eigenvalue weighted by Crippen LogP contribution is -2.38. The second-order valence-corrected chi connectivity index (χ2v) is 8.76. The summed E-state index contributed by atoms with van der Waals surface area (Å²) in [7, 11) is 1.58. The minimum absolute atomic E-state index is 0.157. The predicted molar refractivity (Wildman–Crippen MR) is 132 cm³/mol. The summed E-state index contributed by atoms with van der Waals surface area (Å²) in [5.74, 6) is 0.292. The van der Waals surface area contributed by atoms with Crippen LogP contribution in [0.15, 0.2) is 41.3 Å². The van der Waals surface area contributed by atoms with Gasteiger partial charge in [0, 0.05) is 45.0 Å². The molecule has 11 nitrogen and oxygen atoms in total. The normalized spacial score (nSPS) is 17.3. The van der Waals surface area contributed by atoms with Crippen LogP contribution in [0.3, 0.4) is 0 Å². The van der Waals surface area contributed by atoms with Crippen LogP contribution in [0.4, 0.5) is 21.2 Å². The van der Waals surface area contributed by atoms with E-state index in [0.29, 0.717) is 56.9 Å². The number of urea groups is 1. The number of aromatic nitrogens is 2. The number of hydrogen-bond acceptors (Lipinski definition) is 9. The summed E-state index contributed by atoms with van der Waals surface area (Å²) < 4.78 is 10.7. The molecule has 35 heavy (non-hydrogen) atoms. The predicted octanol–water partition coefficient (Wildman–Crippen LogP) is 2.57. The molecule has 2 fully saturated rings. The van der Waals surface area contributed by atoms with Crippen LogP contribution in [-0.2, 0) is 9.53 Å². The van der Waals surface area contributed by atoms with E-state index in [1.54, 1.807) is 18.1 Å². The van der Waals surface area contributed by atoms with E-state index in [4.69, 9.17) is 9.47 Å². The van der Waals surface area contributed by atoms with Crippen molar-refractivity contribution in [3.8, 4) is 5.88 Å². The van der Waals surface area contributed by atoms with Crippen molar-refractivity contribution >= 4 is 46.7 Å². The Bertz CT molecular complexity index is 1110. The van der Waals surface area contributed by atoms with Gasteiger partial charge in [-0.25, -0.2) is 9.78 Å². The first-order chi connectivity index (χ1) is 17.0. The third-order valence-corrected chi connectivity index (χ3v) is 6.07. The SMILES string of the molecule is COCCOc1cc(/C=C2/SC(=O)NC2=O)nc(N2CCCN(C(=O)Nc3ccccc3)CC2)n1. The maximum absolute atomic E-state index is 12.7. The zero-order chi connectivity index (χ0) is 24.6. The molecule has 4 amide bonds. The zero-order valence-electron chi connectivity index (χ0n) is 19.2. The molecule has 0 saturated carbocycles. The molecule has 2 saturated heterocycles. The van der Waals surface area contributed by atoms with Gasteiger partial charge < -0.3 is 24.6 Å². The molecule has 2 aromatic rings. The molecule has 2 aliphatic rings. The fraction of sp³-hybridized carbons (Fsp3) is 0.348. The standard InChI is InChI=1S/C23H26N6O5S/c1-33-12-13-34-19-15-17(14-18-20(30)27-23(32)35-18)24-21(26-19)28-8-5-9-29(11-10-28)22(31)25-16-6-3-2-4-7-16/h2-4,6-7,14-15H,5,8-13H2,1H3,(H,25,31)(H,27,30,32)/b18-14+. The molecule has 12 heteroatoms. The Hall–Kier alpha value is -3.64. The smallest absolute Gasteiger partial charge is 0.321 e. The number of thioether (sulfide) groups is 1. The van der Waals surface area contributed by atoms with E-state index in [2.05, 4.69) is 20.6 Å². The van der Waals surface area contributed by atoms with Crippen molar-refractivity contribution in [1.82, 2.24) is 20.2 Å². The van der Waals surface area contributed by atoms with E-state index in [0.717, 1.165) is 23.9 Å². The minimum Gasteiger partial charge on any atom is -0.475 e. The molecule has 3 heterocycles. The van der Waals surface area contributed by atoms with E-state index >= 15 is 0 Å². The van der Waals surface area contributed by atoms with Gasteiger partial charge in [0.15, 0.2) is 0 Å². The van der Waals surface area contributed by atoms with E-state index in [-0.39, 0.29) is 10.9 Å². The third-order valence-electron chi connectivity index (χ3n) is 5.26. The van der Waals surface area contributed by atoms with Gasteiger partial charge in [-0.3, -0.25) is 14.9 Å². The summed E-state index contributed by atoms with van der Waals surface area (Å²) in [6, 6.07) is 10.8. The Morgan fingerprint density at radius 3 is 2.71 bits per heavy atom. The van der Waals surface area contributed by atoms with Crippen LogP contribution < -0.4 is 20.3 Å². The van der Waals surface area contributed by atoms with E-state index < -0.39 is 11.1 Å². The second-order valence-electron chi connectivity index (χ2n) is 7.75. The molecule has 1 aromatic heterocycles.